The van der Waals surface area contributed by atoms with Crippen LogP contribution in [0.25, 0.3) is 0 Å². The Hall–Kier alpha value is -2.04. The van der Waals surface area contributed by atoms with Crippen molar-refractivity contribution in [2.75, 3.05) is 26.8 Å². The molecule has 30 heavy (non-hydrogen) atoms. The molecule has 0 aliphatic carbocycles. The third-order valence-corrected chi connectivity index (χ3v) is 4.79. The van der Waals surface area contributed by atoms with Gasteiger partial charge in [-0.15, -0.1) is 24.0 Å². The number of halogens is 1. The van der Waals surface area contributed by atoms with Gasteiger partial charge in [0.2, 0.25) is 0 Å². The molecule has 0 bridgehead atoms. The maximum absolute atomic E-state index is 5.78. The minimum atomic E-state index is 0. The van der Waals surface area contributed by atoms with Crippen molar-refractivity contribution >= 4 is 29.9 Å². The highest BCUT2D eigenvalue weighted by molar-refractivity contribution is 14.0. The summed E-state index contributed by atoms with van der Waals surface area (Å²) in [7, 11) is 1.65. The summed E-state index contributed by atoms with van der Waals surface area (Å²) < 4.78 is 13.0. The van der Waals surface area contributed by atoms with Gasteiger partial charge in [0.05, 0.1) is 20.3 Å². The van der Waals surface area contributed by atoms with E-state index in [0.717, 1.165) is 67.9 Å². The first-order valence-corrected chi connectivity index (χ1v) is 10.5. The van der Waals surface area contributed by atoms with Crippen molar-refractivity contribution in [1.29, 1.82) is 0 Å². The third-order valence-electron chi connectivity index (χ3n) is 4.79. The molecule has 166 valence electrons. The number of aryl methyl sites for hydroxylation is 2. The molecule has 1 atom stereocenters. The van der Waals surface area contributed by atoms with Gasteiger partial charge in [-0.3, -0.25) is 4.99 Å². The summed E-state index contributed by atoms with van der Waals surface area (Å²) in [4.78, 5) is 9.28. The number of rotatable bonds is 9. The fourth-order valence-electron chi connectivity index (χ4n) is 3.28. The van der Waals surface area contributed by atoms with Gasteiger partial charge in [0.25, 0.3) is 0 Å². The van der Waals surface area contributed by atoms with E-state index in [-0.39, 0.29) is 24.0 Å². The predicted octanol–water partition coefficient (Wildman–Crippen LogP) is 2.81. The first-order valence-electron chi connectivity index (χ1n) is 10.5. The normalized spacial score (nSPS) is 15.7. The van der Waals surface area contributed by atoms with Crippen LogP contribution >= 0.6 is 24.0 Å². The molecule has 2 heterocycles. The van der Waals surface area contributed by atoms with Gasteiger partial charge in [0.15, 0.2) is 11.8 Å². The summed E-state index contributed by atoms with van der Waals surface area (Å²) in [6.07, 6.45) is 3.69. The Morgan fingerprint density at radius 3 is 2.90 bits per heavy atom. The number of aromatic nitrogens is 3. The smallest absolute Gasteiger partial charge is 0.191 e. The average molecular weight is 528 g/mol. The van der Waals surface area contributed by atoms with Crippen LogP contribution in [0.1, 0.15) is 38.3 Å². The van der Waals surface area contributed by atoms with Crippen molar-refractivity contribution in [2.24, 2.45) is 4.99 Å². The number of benzene rings is 1. The van der Waals surface area contributed by atoms with Crippen molar-refractivity contribution in [3.05, 3.63) is 35.9 Å². The lowest BCUT2D eigenvalue weighted by atomic mass is 10.1. The Morgan fingerprint density at radius 1 is 1.30 bits per heavy atom. The second kappa shape index (κ2) is 12.6. The number of hydrogen-bond donors (Lipinski definition) is 2. The second-order valence-electron chi connectivity index (χ2n) is 7.00. The zero-order chi connectivity index (χ0) is 20.5. The quantitative estimate of drug-likeness (QED) is 0.226. The molecular weight excluding hydrogens is 495 g/mol. The third kappa shape index (κ3) is 7.03. The van der Waals surface area contributed by atoms with E-state index in [1.54, 1.807) is 7.11 Å². The molecule has 2 N–H and O–H groups in total. The van der Waals surface area contributed by atoms with E-state index in [1.807, 2.05) is 28.9 Å². The molecule has 0 fully saturated rings. The van der Waals surface area contributed by atoms with E-state index >= 15 is 0 Å². The summed E-state index contributed by atoms with van der Waals surface area (Å²) >= 11 is 0. The summed E-state index contributed by atoms with van der Waals surface area (Å²) in [5.74, 6) is 4.48. The van der Waals surface area contributed by atoms with E-state index in [2.05, 4.69) is 34.6 Å². The average Bonchev–Trinajstić information content (AvgIpc) is 3.16. The molecule has 0 saturated heterocycles. The van der Waals surface area contributed by atoms with Gasteiger partial charge >= 0.3 is 0 Å². The predicted molar refractivity (Wildman–Crippen MR) is 129 cm³/mol. The fourth-order valence-corrected chi connectivity index (χ4v) is 3.28. The highest BCUT2D eigenvalue weighted by Gasteiger charge is 2.21. The van der Waals surface area contributed by atoms with E-state index in [9.17, 15) is 0 Å². The van der Waals surface area contributed by atoms with Crippen LogP contribution in [0.4, 0.5) is 0 Å². The molecule has 1 aromatic carbocycles. The standard InChI is InChI=1S/C21H32N6O2.HI/c1-4-19-25-20-11-10-16(15-27(20)26-19)24-21(22-5-2)23-12-7-13-29-18-9-6-8-17(14-18)28-3;/h6,8-9,14,16H,4-5,7,10-13,15H2,1-3H3,(H2,22,23,24);1H. The Balaban J connectivity index is 0.00000320. The molecule has 0 radical (unpaired) electrons. The zero-order valence-corrected chi connectivity index (χ0v) is 20.4. The molecule has 1 aromatic heterocycles. The second-order valence-corrected chi connectivity index (χ2v) is 7.00. The lowest BCUT2D eigenvalue weighted by molar-refractivity contribution is 0.310. The number of guanidine groups is 1. The summed E-state index contributed by atoms with van der Waals surface area (Å²) in [6.45, 7) is 7.12. The largest absolute Gasteiger partial charge is 0.497 e. The highest BCUT2D eigenvalue weighted by atomic mass is 127. The highest BCUT2D eigenvalue weighted by Crippen LogP contribution is 2.18. The number of nitrogens with one attached hydrogen (secondary N) is 2. The molecule has 1 aliphatic heterocycles. The van der Waals surface area contributed by atoms with Crippen molar-refractivity contribution in [3.8, 4) is 11.5 Å². The number of hydrogen-bond acceptors (Lipinski definition) is 5. The molecular formula is C21H33IN6O2. The fraction of sp³-hybridized carbons (Fsp3) is 0.571. The van der Waals surface area contributed by atoms with Crippen molar-refractivity contribution in [2.45, 2.75) is 52.1 Å². The number of aliphatic imine (C=N–C) groups is 1. The number of nitrogens with zero attached hydrogens (tertiary/aromatic N) is 4. The van der Waals surface area contributed by atoms with Crippen molar-refractivity contribution in [3.63, 3.8) is 0 Å². The van der Waals surface area contributed by atoms with E-state index in [1.165, 1.54) is 0 Å². The Labute approximate surface area is 195 Å². The van der Waals surface area contributed by atoms with Gasteiger partial charge in [-0.2, -0.15) is 5.10 Å². The Morgan fingerprint density at radius 2 is 2.13 bits per heavy atom. The van der Waals surface area contributed by atoms with Gasteiger partial charge in [0.1, 0.15) is 17.3 Å². The first-order chi connectivity index (χ1) is 14.2. The number of ether oxygens (including phenoxy) is 2. The Bertz CT molecular complexity index is 811. The molecule has 0 amide bonds. The van der Waals surface area contributed by atoms with Crippen molar-refractivity contribution < 1.29 is 9.47 Å². The molecule has 3 rings (SSSR count). The van der Waals surface area contributed by atoms with Crippen LogP contribution < -0.4 is 20.1 Å². The topological polar surface area (TPSA) is 85.6 Å². The molecule has 0 saturated carbocycles. The summed E-state index contributed by atoms with van der Waals surface area (Å²) in [5, 5.41) is 11.5. The molecule has 1 unspecified atom stereocenters. The molecule has 0 spiro atoms. The SMILES string of the molecule is CCNC(=NCCCOc1cccc(OC)c1)NC1CCc2nc(CC)nn2C1.I. The van der Waals surface area contributed by atoms with Crippen LogP contribution in [0.3, 0.4) is 0 Å². The minimum absolute atomic E-state index is 0. The molecule has 2 aromatic rings. The van der Waals surface area contributed by atoms with Crippen LogP contribution in [0.2, 0.25) is 0 Å². The van der Waals surface area contributed by atoms with E-state index in [4.69, 9.17) is 14.5 Å². The van der Waals surface area contributed by atoms with Crippen LogP contribution in [0.15, 0.2) is 29.3 Å². The first kappa shape index (κ1) is 24.2. The monoisotopic (exact) mass is 528 g/mol. The molecule has 9 heteroatoms. The molecule has 8 nitrogen and oxygen atoms in total. The van der Waals surface area contributed by atoms with Gasteiger partial charge in [-0.25, -0.2) is 9.67 Å². The minimum Gasteiger partial charge on any atom is -0.497 e. The molecule has 1 aliphatic rings. The van der Waals surface area contributed by atoms with E-state index in [0.29, 0.717) is 19.2 Å². The Kier molecular flexibility index (Phi) is 10.2. The van der Waals surface area contributed by atoms with Crippen LogP contribution in [-0.2, 0) is 19.4 Å². The lowest BCUT2D eigenvalue weighted by Gasteiger charge is -2.25. The van der Waals surface area contributed by atoms with Crippen LogP contribution in [0, 0.1) is 0 Å². The van der Waals surface area contributed by atoms with Crippen LogP contribution in [-0.4, -0.2) is 53.6 Å². The summed E-state index contributed by atoms with van der Waals surface area (Å²) in [5.41, 5.74) is 0. The number of methoxy groups -OCH3 is 1. The van der Waals surface area contributed by atoms with Gasteiger partial charge < -0.3 is 20.1 Å². The van der Waals surface area contributed by atoms with Gasteiger partial charge in [-0.05, 0) is 25.5 Å². The van der Waals surface area contributed by atoms with E-state index < -0.39 is 0 Å². The number of fused-ring (bicyclic) bond motifs is 1. The zero-order valence-electron chi connectivity index (χ0n) is 18.1. The van der Waals surface area contributed by atoms with Gasteiger partial charge in [-0.1, -0.05) is 13.0 Å². The van der Waals surface area contributed by atoms with Crippen LogP contribution in [0.5, 0.6) is 11.5 Å². The lowest BCUT2D eigenvalue weighted by Crippen LogP contribution is -2.47. The van der Waals surface area contributed by atoms with Crippen molar-refractivity contribution in [1.82, 2.24) is 25.4 Å². The van der Waals surface area contributed by atoms with Gasteiger partial charge in [0, 0.05) is 44.5 Å². The summed E-state index contributed by atoms with van der Waals surface area (Å²) in [6, 6.07) is 7.96. The maximum Gasteiger partial charge on any atom is 0.191 e. The maximum atomic E-state index is 5.78.